The Morgan fingerprint density at radius 3 is 2.43 bits per heavy atom. The van der Waals surface area contributed by atoms with Crippen molar-refractivity contribution in [2.24, 2.45) is 5.92 Å². The van der Waals surface area contributed by atoms with E-state index in [1.807, 2.05) is 54.6 Å². The van der Waals surface area contributed by atoms with E-state index in [-0.39, 0.29) is 24.5 Å². The van der Waals surface area contributed by atoms with Crippen molar-refractivity contribution in [3.05, 3.63) is 88.7 Å². The van der Waals surface area contributed by atoms with Crippen LogP contribution in [-0.4, -0.2) is 34.3 Å². The van der Waals surface area contributed by atoms with E-state index < -0.39 is 17.9 Å². The van der Waals surface area contributed by atoms with Gasteiger partial charge < -0.3 is 4.74 Å². The number of nitrogens with one attached hydrogen (secondary N) is 1. The van der Waals surface area contributed by atoms with Crippen molar-refractivity contribution in [2.45, 2.75) is 24.9 Å². The van der Waals surface area contributed by atoms with Gasteiger partial charge in [-0.25, -0.2) is 4.68 Å². The molecule has 1 aliphatic heterocycles. The lowest BCUT2D eigenvalue weighted by molar-refractivity contribution is -0.145. The van der Waals surface area contributed by atoms with E-state index in [1.165, 1.54) is 4.68 Å². The first-order valence-corrected chi connectivity index (χ1v) is 10.7. The summed E-state index contributed by atoms with van der Waals surface area (Å²) in [6, 6.07) is 18.2. The Morgan fingerprint density at radius 2 is 1.80 bits per heavy atom. The first kappa shape index (κ1) is 20.5. The van der Waals surface area contributed by atoms with E-state index in [4.69, 9.17) is 4.74 Å². The monoisotopic (exact) mass is 467 g/mol. The number of ether oxygens (including phenoxy) is 1. The first-order chi connectivity index (χ1) is 14.6. The van der Waals surface area contributed by atoms with Crippen LogP contribution in [0.2, 0.25) is 0 Å². The van der Waals surface area contributed by atoms with Gasteiger partial charge in [0, 0.05) is 28.8 Å². The molecule has 4 atom stereocenters. The minimum Gasteiger partial charge on any atom is -0.465 e. The maximum absolute atomic E-state index is 13.6. The lowest BCUT2D eigenvalue weighted by Crippen LogP contribution is -2.37. The highest BCUT2D eigenvalue weighted by Crippen LogP contribution is 2.44. The van der Waals surface area contributed by atoms with Crippen LogP contribution in [0.5, 0.6) is 0 Å². The third-order valence-electron chi connectivity index (χ3n) is 5.43. The smallest absolute Gasteiger partial charge is 0.323 e. The summed E-state index contributed by atoms with van der Waals surface area (Å²) in [7, 11) is 0. The van der Waals surface area contributed by atoms with Crippen LogP contribution in [0, 0.1) is 5.92 Å². The number of carbonyl (C=O) groups is 2. The normalized spacial score (nSPS) is 23.3. The largest absolute Gasteiger partial charge is 0.465 e. The molecule has 0 saturated carbocycles. The number of aromatic nitrogens is 2. The molecule has 3 aromatic rings. The lowest BCUT2D eigenvalue weighted by atomic mass is 9.79. The molecule has 1 aromatic heterocycles. The number of halogens is 1. The van der Waals surface area contributed by atoms with Crippen molar-refractivity contribution in [1.82, 2.24) is 15.1 Å². The Hall–Kier alpha value is -2.77. The van der Waals surface area contributed by atoms with Gasteiger partial charge in [-0.15, -0.1) is 0 Å². The summed E-state index contributed by atoms with van der Waals surface area (Å²) in [5, 5.41) is 7.55. The highest BCUT2D eigenvalue weighted by atomic mass is 79.9. The second-order valence-corrected chi connectivity index (χ2v) is 8.09. The van der Waals surface area contributed by atoms with Crippen molar-refractivity contribution in [2.75, 3.05) is 6.61 Å². The predicted molar refractivity (Wildman–Crippen MR) is 116 cm³/mol. The minimum absolute atomic E-state index is 0.166. The van der Waals surface area contributed by atoms with E-state index >= 15 is 0 Å². The quantitative estimate of drug-likeness (QED) is 0.574. The number of hydrogen-bond acceptors (Lipinski definition) is 5. The van der Waals surface area contributed by atoms with Crippen molar-refractivity contribution in [3.63, 3.8) is 0 Å². The molecule has 1 saturated heterocycles. The van der Waals surface area contributed by atoms with Gasteiger partial charge in [0.1, 0.15) is 6.04 Å². The number of rotatable bonds is 5. The SMILES string of the molecule is CCOC(=O)[C@H]1N[C@@H](c2ccccc2)[C@H](C(=O)n2cccn2)[C@H]1c1ccc(Br)cc1. The summed E-state index contributed by atoms with van der Waals surface area (Å²) in [5.41, 5.74) is 1.84. The van der Waals surface area contributed by atoms with Crippen LogP contribution in [-0.2, 0) is 9.53 Å². The lowest BCUT2D eigenvalue weighted by Gasteiger charge is -2.24. The van der Waals surface area contributed by atoms with Crippen molar-refractivity contribution < 1.29 is 14.3 Å². The van der Waals surface area contributed by atoms with Crippen molar-refractivity contribution in [1.29, 1.82) is 0 Å². The van der Waals surface area contributed by atoms with Crippen LogP contribution < -0.4 is 5.32 Å². The fraction of sp³-hybridized carbons (Fsp3) is 0.261. The Kier molecular flexibility index (Phi) is 6.11. The Labute approximate surface area is 183 Å². The molecule has 0 unspecified atom stereocenters. The maximum atomic E-state index is 13.6. The molecule has 0 radical (unpaired) electrons. The van der Waals surface area contributed by atoms with Gasteiger partial charge >= 0.3 is 5.97 Å². The summed E-state index contributed by atoms with van der Waals surface area (Å²) in [6.45, 7) is 2.06. The molecule has 1 fully saturated rings. The molecule has 0 spiro atoms. The van der Waals surface area contributed by atoms with Crippen LogP contribution in [0.1, 0.15) is 34.8 Å². The van der Waals surface area contributed by atoms with E-state index in [0.717, 1.165) is 15.6 Å². The zero-order chi connectivity index (χ0) is 21.1. The van der Waals surface area contributed by atoms with Gasteiger partial charge in [-0.1, -0.05) is 58.4 Å². The van der Waals surface area contributed by atoms with Gasteiger partial charge in [-0.3, -0.25) is 14.9 Å². The van der Waals surface area contributed by atoms with Gasteiger partial charge in [0.2, 0.25) is 0 Å². The molecule has 1 N–H and O–H groups in total. The molecular formula is C23H22BrN3O3. The van der Waals surface area contributed by atoms with Gasteiger partial charge in [0.25, 0.3) is 5.91 Å². The first-order valence-electron chi connectivity index (χ1n) is 9.87. The second kappa shape index (κ2) is 8.93. The average molecular weight is 468 g/mol. The Bertz CT molecular complexity index is 1010. The topological polar surface area (TPSA) is 73.2 Å². The standard InChI is InChI=1S/C23H22BrN3O3/c1-2-30-23(29)21-18(15-9-11-17(24)12-10-15)19(22(28)27-14-6-13-25-27)20(26-21)16-7-4-3-5-8-16/h3-14,18-21,26H,2H2,1H3/t18-,19-,20+,21+/m1/s1. The van der Waals surface area contributed by atoms with E-state index in [0.29, 0.717) is 0 Å². The number of esters is 1. The van der Waals surface area contributed by atoms with Gasteiger partial charge in [0.15, 0.2) is 0 Å². The minimum atomic E-state index is -0.652. The summed E-state index contributed by atoms with van der Waals surface area (Å²) < 4.78 is 7.64. The zero-order valence-electron chi connectivity index (χ0n) is 16.4. The van der Waals surface area contributed by atoms with Crippen LogP contribution >= 0.6 is 15.9 Å². The molecule has 7 heteroatoms. The van der Waals surface area contributed by atoms with Gasteiger partial charge in [0.05, 0.1) is 12.5 Å². The average Bonchev–Trinajstić information content (AvgIpc) is 3.43. The van der Waals surface area contributed by atoms with Crippen LogP contribution in [0.4, 0.5) is 0 Å². The fourth-order valence-electron chi connectivity index (χ4n) is 4.16. The Morgan fingerprint density at radius 1 is 1.07 bits per heavy atom. The summed E-state index contributed by atoms with van der Waals surface area (Å²) in [5.74, 6) is -1.47. The molecule has 0 bridgehead atoms. The van der Waals surface area contributed by atoms with Gasteiger partial charge in [-0.05, 0) is 36.2 Å². The van der Waals surface area contributed by atoms with Crippen LogP contribution in [0.3, 0.4) is 0 Å². The molecule has 1 aliphatic rings. The molecule has 6 nitrogen and oxygen atoms in total. The molecule has 154 valence electrons. The molecular weight excluding hydrogens is 446 g/mol. The maximum Gasteiger partial charge on any atom is 0.323 e. The number of nitrogens with zero attached hydrogens (tertiary/aromatic N) is 2. The molecule has 0 aliphatic carbocycles. The number of hydrogen-bond donors (Lipinski definition) is 1. The van der Waals surface area contributed by atoms with E-state index in [2.05, 4.69) is 26.3 Å². The number of carbonyl (C=O) groups excluding carboxylic acids is 2. The van der Waals surface area contributed by atoms with Crippen molar-refractivity contribution in [3.8, 4) is 0 Å². The zero-order valence-corrected chi connectivity index (χ0v) is 18.0. The van der Waals surface area contributed by atoms with Gasteiger partial charge in [-0.2, -0.15) is 5.10 Å². The van der Waals surface area contributed by atoms with Crippen LogP contribution in [0.25, 0.3) is 0 Å². The van der Waals surface area contributed by atoms with Crippen molar-refractivity contribution >= 4 is 27.8 Å². The number of benzene rings is 2. The molecule has 2 aromatic carbocycles. The third kappa shape index (κ3) is 3.95. The fourth-order valence-corrected chi connectivity index (χ4v) is 4.42. The third-order valence-corrected chi connectivity index (χ3v) is 5.96. The van der Waals surface area contributed by atoms with E-state index in [9.17, 15) is 9.59 Å². The highest BCUT2D eigenvalue weighted by molar-refractivity contribution is 9.10. The molecule has 30 heavy (non-hydrogen) atoms. The van der Waals surface area contributed by atoms with E-state index in [1.54, 1.807) is 25.4 Å². The molecule has 4 rings (SSSR count). The second-order valence-electron chi connectivity index (χ2n) is 7.18. The predicted octanol–water partition coefficient (Wildman–Crippen LogP) is 3.96. The highest BCUT2D eigenvalue weighted by Gasteiger charge is 2.51. The molecule has 0 amide bonds. The molecule has 2 heterocycles. The summed E-state index contributed by atoms with van der Waals surface area (Å²) >= 11 is 3.46. The summed E-state index contributed by atoms with van der Waals surface area (Å²) in [6.07, 6.45) is 3.22. The van der Waals surface area contributed by atoms with Crippen LogP contribution in [0.15, 0.2) is 77.5 Å². The Balaban J connectivity index is 1.83. The summed E-state index contributed by atoms with van der Waals surface area (Å²) in [4.78, 5) is 26.5.